The monoisotopic (exact) mass is 301 g/mol. The molecule has 1 aromatic carbocycles. The molecule has 1 rings (SSSR count). The van der Waals surface area contributed by atoms with Gasteiger partial charge in [-0.25, -0.2) is 9.18 Å². The number of hydrogen-bond acceptors (Lipinski definition) is 5. The number of halogens is 1. The summed E-state index contributed by atoms with van der Waals surface area (Å²) in [5.74, 6) is -3.00. The summed E-state index contributed by atoms with van der Waals surface area (Å²) in [6.07, 6.45) is 1.87. The van der Waals surface area contributed by atoms with Crippen LogP contribution in [0.3, 0.4) is 0 Å². The Kier molecular flexibility index (Phi) is 6.54. The molecule has 1 aromatic rings. The number of nitro groups is 1. The molecule has 0 saturated heterocycles. The first-order valence-electron chi connectivity index (χ1n) is 6.39. The molecule has 0 fully saturated rings. The Morgan fingerprint density at radius 2 is 2.10 bits per heavy atom. The van der Waals surface area contributed by atoms with E-state index < -0.39 is 28.0 Å². The second kappa shape index (κ2) is 8.15. The molecular formula is C13H16FNO6. The number of unbranched alkanes of at least 4 members (excludes halogenated alkanes) is 1. The average Bonchev–Trinajstić information content (AvgIpc) is 2.43. The largest absolute Gasteiger partial charge is 0.484 e. The van der Waals surface area contributed by atoms with Crippen molar-refractivity contribution in [1.29, 1.82) is 0 Å². The van der Waals surface area contributed by atoms with Gasteiger partial charge in [0.25, 0.3) is 0 Å². The van der Waals surface area contributed by atoms with E-state index in [2.05, 4.69) is 0 Å². The SMILES string of the molecule is CCCCOCCOc1cc(C(=O)O)c(F)cc1[N+](=O)[O-]. The van der Waals surface area contributed by atoms with Gasteiger partial charge in [0, 0.05) is 12.7 Å². The van der Waals surface area contributed by atoms with Gasteiger partial charge in [0.05, 0.1) is 23.2 Å². The van der Waals surface area contributed by atoms with Gasteiger partial charge in [0.2, 0.25) is 0 Å². The Morgan fingerprint density at radius 3 is 2.67 bits per heavy atom. The van der Waals surface area contributed by atoms with E-state index in [4.69, 9.17) is 14.6 Å². The number of ether oxygens (including phenoxy) is 2. The molecule has 0 aliphatic carbocycles. The summed E-state index contributed by atoms with van der Waals surface area (Å²) in [5, 5.41) is 19.6. The van der Waals surface area contributed by atoms with Crippen molar-refractivity contribution in [3.8, 4) is 5.75 Å². The zero-order valence-electron chi connectivity index (χ0n) is 11.5. The number of nitro benzene ring substituents is 1. The van der Waals surface area contributed by atoms with E-state index in [1.54, 1.807) is 0 Å². The zero-order valence-corrected chi connectivity index (χ0v) is 11.5. The van der Waals surface area contributed by atoms with Crippen molar-refractivity contribution in [2.24, 2.45) is 0 Å². The molecule has 0 aromatic heterocycles. The highest BCUT2D eigenvalue weighted by atomic mass is 19.1. The fourth-order valence-electron chi connectivity index (χ4n) is 1.52. The Labute approximate surface area is 120 Å². The van der Waals surface area contributed by atoms with Gasteiger partial charge in [0.1, 0.15) is 12.4 Å². The predicted octanol–water partition coefficient (Wildman–Crippen LogP) is 2.63. The van der Waals surface area contributed by atoms with E-state index in [-0.39, 0.29) is 19.0 Å². The number of carboxylic acid groups (broad SMARTS) is 1. The van der Waals surface area contributed by atoms with Crippen LogP contribution >= 0.6 is 0 Å². The number of aromatic carboxylic acids is 1. The summed E-state index contributed by atoms with van der Waals surface area (Å²) in [6, 6.07) is 1.35. The number of nitrogens with zero attached hydrogens (tertiary/aromatic N) is 1. The van der Waals surface area contributed by atoms with Crippen LogP contribution in [0, 0.1) is 15.9 Å². The number of carboxylic acids is 1. The van der Waals surface area contributed by atoms with Crippen LogP contribution in [0.25, 0.3) is 0 Å². The summed E-state index contributed by atoms with van der Waals surface area (Å²) >= 11 is 0. The molecule has 21 heavy (non-hydrogen) atoms. The molecule has 0 bridgehead atoms. The van der Waals surface area contributed by atoms with Gasteiger partial charge in [-0.05, 0) is 6.42 Å². The first-order valence-corrected chi connectivity index (χ1v) is 6.39. The maximum absolute atomic E-state index is 13.4. The van der Waals surface area contributed by atoms with Crippen molar-refractivity contribution in [3.63, 3.8) is 0 Å². The first-order chi connectivity index (χ1) is 9.97. The van der Waals surface area contributed by atoms with Crippen molar-refractivity contribution in [2.45, 2.75) is 19.8 Å². The lowest BCUT2D eigenvalue weighted by Crippen LogP contribution is -2.10. The summed E-state index contributed by atoms with van der Waals surface area (Å²) < 4.78 is 23.7. The molecule has 0 aliphatic rings. The van der Waals surface area contributed by atoms with E-state index in [1.165, 1.54) is 0 Å². The third-order valence-corrected chi connectivity index (χ3v) is 2.60. The van der Waals surface area contributed by atoms with Crippen LogP contribution in [-0.4, -0.2) is 35.8 Å². The summed E-state index contributed by atoms with van der Waals surface area (Å²) in [5.41, 5.74) is -1.30. The van der Waals surface area contributed by atoms with Crippen LogP contribution < -0.4 is 4.74 Å². The van der Waals surface area contributed by atoms with Gasteiger partial charge in [0.15, 0.2) is 5.75 Å². The van der Waals surface area contributed by atoms with E-state index in [9.17, 15) is 19.3 Å². The third-order valence-electron chi connectivity index (χ3n) is 2.60. The normalized spacial score (nSPS) is 10.4. The van der Waals surface area contributed by atoms with Crippen molar-refractivity contribution in [3.05, 3.63) is 33.6 Å². The van der Waals surface area contributed by atoms with Crippen molar-refractivity contribution in [1.82, 2.24) is 0 Å². The van der Waals surface area contributed by atoms with E-state index in [0.717, 1.165) is 18.9 Å². The first kappa shape index (κ1) is 16.8. The molecule has 0 radical (unpaired) electrons. The van der Waals surface area contributed by atoms with Crippen LogP contribution in [-0.2, 0) is 4.74 Å². The van der Waals surface area contributed by atoms with E-state index >= 15 is 0 Å². The highest BCUT2D eigenvalue weighted by molar-refractivity contribution is 5.89. The quantitative estimate of drug-likeness (QED) is 0.427. The summed E-state index contributed by atoms with van der Waals surface area (Å²) in [4.78, 5) is 20.8. The molecule has 116 valence electrons. The molecule has 0 unspecified atom stereocenters. The molecule has 0 aliphatic heterocycles. The molecule has 0 saturated carbocycles. The van der Waals surface area contributed by atoms with Crippen LogP contribution in [0.1, 0.15) is 30.1 Å². The van der Waals surface area contributed by atoms with Crippen molar-refractivity contribution in [2.75, 3.05) is 19.8 Å². The highest BCUT2D eigenvalue weighted by Crippen LogP contribution is 2.30. The maximum atomic E-state index is 13.4. The lowest BCUT2D eigenvalue weighted by molar-refractivity contribution is -0.386. The van der Waals surface area contributed by atoms with Gasteiger partial charge in [-0.1, -0.05) is 13.3 Å². The Balaban J connectivity index is 2.76. The Morgan fingerprint density at radius 1 is 1.38 bits per heavy atom. The zero-order chi connectivity index (χ0) is 15.8. The van der Waals surface area contributed by atoms with Crippen LogP contribution in [0.2, 0.25) is 0 Å². The fraction of sp³-hybridized carbons (Fsp3) is 0.462. The van der Waals surface area contributed by atoms with E-state index in [0.29, 0.717) is 12.7 Å². The maximum Gasteiger partial charge on any atom is 0.338 e. The number of hydrogen-bond donors (Lipinski definition) is 1. The van der Waals surface area contributed by atoms with Crippen LogP contribution in [0.15, 0.2) is 12.1 Å². The highest BCUT2D eigenvalue weighted by Gasteiger charge is 2.22. The molecular weight excluding hydrogens is 285 g/mol. The van der Waals surface area contributed by atoms with Gasteiger partial charge < -0.3 is 14.6 Å². The van der Waals surface area contributed by atoms with Gasteiger partial charge >= 0.3 is 11.7 Å². The summed E-state index contributed by atoms with van der Waals surface area (Å²) in [6.45, 7) is 2.77. The van der Waals surface area contributed by atoms with E-state index in [1.807, 2.05) is 6.92 Å². The molecule has 0 spiro atoms. The lowest BCUT2D eigenvalue weighted by atomic mass is 10.2. The lowest BCUT2D eigenvalue weighted by Gasteiger charge is -2.08. The van der Waals surface area contributed by atoms with Gasteiger partial charge in [-0.3, -0.25) is 10.1 Å². The summed E-state index contributed by atoms with van der Waals surface area (Å²) in [7, 11) is 0. The second-order valence-corrected chi connectivity index (χ2v) is 4.18. The predicted molar refractivity (Wildman–Crippen MR) is 71.2 cm³/mol. The Bertz CT molecular complexity index is 520. The number of benzene rings is 1. The minimum absolute atomic E-state index is 0.00917. The minimum atomic E-state index is -1.52. The Hall–Kier alpha value is -2.22. The number of carbonyl (C=O) groups is 1. The standard InChI is InChI=1S/C13H16FNO6/c1-2-3-4-20-5-6-21-12-7-9(13(16)17)10(14)8-11(12)15(18)19/h7-8H,2-6H2,1H3,(H,16,17). The topological polar surface area (TPSA) is 98.9 Å². The fourth-order valence-corrected chi connectivity index (χ4v) is 1.52. The number of rotatable bonds is 9. The molecule has 8 heteroatoms. The van der Waals surface area contributed by atoms with Gasteiger partial charge in [-0.15, -0.1) is 0 Å². The van der Waals surface area contributed by atoms with Crippen molar-refractivity contribution >= 4 is 11.7 Å². The molecule has 0 amide bonds. The average molecular weight is 301 g/mol. The van der Waals surface area contributed by atoms with Crippen LogP contribution in [0.5, 0.6) is 5.75 Å². The smallest absolute Gasteiger partial charge is 0.338 e. The molecule has 7 nitrogen and oxygen atoms in total. The molecule has 0 heterocycles. The third kappa shape index (κ3) is 4.99. The molecule has 1 N–H and O–H groups in total. The van der Waals surface area contributed by atoms with Gasteiger partial charge in [-0.2, -0.15) is 0 Å². The van der Waals surface area contributed by atoms with Crippen LogP contribution in [0.4, 0.5) is 10.1 Å². The molecule has 0 atom stereocenters. The minimum Gasteiger partial charge on any atom is -0.484 e. The second-order valence-electron chi connectivity index (χ2n) is 4.18. The van der Waals surface area contributed by atoms with Crippen molar-refractivity contribution < 1.29 is 28.7 Å².